The van der Waals surface area contributed by atoms with Gasteiger partial charge >= 0.3 is 0 Å². The molecule has 0 radical (unpaired) electrons. The van der Waals surface area contributed by atoms with E-state index in [1.165, 1.54) is 11.8 Å². The van der Waals surface area contributed by atoms with Crippen molar-refractivity contribution in [2.75, 3.05) is 5.32 Å². The number of amides is 1. The van der Waals surface area contributed by atoms with Crippen molar-refractivity contribution in [3.8, 4) is 28.5 Å². The first-order valence-electron chi connectivity index (χ1n) is 10.3. The van der Waals surface area contributed by atoms with Crippen LogP contribution in [0.2, 0.25) is 0 Å². The molecule has 4 rings (SSSR count). The molecular weight excluding hydrogens is 494 g/mol. The van der Waals surface area contributed by atoms with Crippen LogP contribution >= 0.6 is 27.7 Å². The summed E-state index contributed by atoms with van der Waals surface area (Å²) in [5.74, 6) is -0.146. The van der Waals surface area contributed by atoms with E-state index in [0.717, 1.165) is 32.5 Å². The molecule has 1 heterocycles. The highest BCUT2D eigenvalue weighted by molar-refractivity contribution is 9.10. The molecule has 0 saturated carbocycles. The molecule has 0 spiro atoms. The Bertz CT molecular complexity index is 1300. The van der Waals surface area contributed by atoms with E-state index in [-0.39, 0.29) is 5.91 Å². The van der Waals surface area contributed by atoms with Crippen molar-refractivity contribution in [1.29, 1.82) is 5.26 Å². The summed E-state index contributed by atoms with van der Waals surface area (Å²) in [5.41, 5.74) is 4.60. The zero-order chi connectivity index (χ0) is 23.2. The maximum absolute atomic E-state index is 12.8. The molecule has 6 heteroatoms. The van der Waals surface area contributed by atoms with Crippen molar-refractivity contribution in [3.63, 3.8) is 0 Å². The highest BCUT2D eigenvalue weighted by atomic mass is 79.9. The van der Waals surface area contributed by atoms with Crippen molar-refractivity contribution < 1.29 is 4.79 Å². The number of anilines is 1. The third-order valence-corrected chi connectivity index (χ3v) is 6.64. The van der Waals surface area contributed by atoms with Crippen molar-refractivity contribution in [3.05, 3.63) is 101 Å². The molecule has 0 bridgehead atoms. The summed E-state index contributed by atoms with van der Waals surface area (Å²) in [7, 11) is 0. The molecule has 162 valence electrons. The van der Waals surface area contributed by atoms with Crippen LogP contribution in [0.5, 0.6) is 0 Å². The van der Waals surface area contributed by atoms with Gasteiger partial charge in [0.2, 0.25) is 5.91 Å². The number of para-hydroxylation sites is 1. The minimum absolute atomic E-state index is 0.146. The molecule has 1 amide bonds. The van der Waals surface area contributed by atoms with Crippen LogP contribution in [-0.2, 0) is 4.79 Å². The summed E-state index contributed by atoms with van der Waals surface area (Å²) in [4.78, 5) is 17.6. The summed E-state index contributed by atoms with van der Waals surface area (Å²) in [5, 5.41) is 13.0. The molecule has 4 aromatic rings. The van der Waals surface area contributed by atoms with Crippen molar-refractivity contribution in [2.24, 2.45) is 0 Å². The van der Waals surface area contributed by atoms with E-state index in [1.807, 2.05) is 97.9 Å². The maximum atomic E-state index is 12.8. The normalized spacial score (nSPS) is 11.4. The third kappa shape index (κ3) is 5.51. The number of thioether (sulfide) groups is 1. The predicted octanol–water partition coefficient (Wildman–Crippen LogP) is 7.17. The first kappa shape index (κ1) is 22.8. The number of aromatic nitrogens is 1. The lowest BCUT2D eigenvalue weighted by Gasteiger charge is -2.16. The first-order valence-corrected chi connectivity index (χ1v) is 12.0. The second-order valence-electron chi connectivity index (χ2n) is 7.34. The van der Waals surface area contributed by atoms with E-state index in [0.29, 0.717) is 10.6 Å². The van der Waals surface area contributed by atoms with Crippen LogP contribution in [-0.4, -0.2) is 16.1 Å². The van der Waals surface area contributed by atoms with Gasteiger partial charge in [-0.1, -0.05) is 88.4 Å². The summed E-state index contributed by atoms with van der Waals surface area (Å²) >= 11 is 4.76. The van der Waals surface area contributed by atoms with Gasteiger partial charge in [0.1, 0.15) is 11.1 Å². The topological polar surface area (TPSA) is 65.8 Å². The van der Waals surface area contributed by atoms with E-state index in [9.17, 15) is 10.1 Å². The van der Waals surface area contributed by atoms with Crippen LogP contribution in [0.4, 0.5) is 5.69 Å². The molecule has 1 unspecified atom stereocenters. The molecule has 0 fully saturated rings. The van der Waals surface area contributed by atoms with E-state index < -0.39 is 5.25 Å². The molecule has 3 aromatic carbocycles. The van der Waals surface area contributed by atoms with E-state index >= 15 is 0 Å². The fourth-order valence-corrected chi connectivity index (χ4v) is 4.50. The largest absolute Gasteiger partial charge is 0.325 e. The predicted molar refractivity (Wildman–Crippen MR) is 138 cm³/mol. The Balaban J connectivity index is 1.74. The van der Waals surface area contributed by atoms with Crippen LogP contribution < -0.4 is 5.32 Å². The molecule has 1 atom stereocenters. The average Bonchev–Trinajstić information content (AvgIpc) is 2.85. The number of nitriles is 1. The van der Waals surface area contributed by atoms with Crippen molar-refractivity contribution >= 4 is 39.3 Å². The second kappa shape index (κ2) is 10.5. The lowest BCUT2D eigenvalue weighted by Crippen LogP contribution is -2.22. The van der Waals surface area contributed by atoms with Gasteiger partial charge in [-0.15, -0.1) is 0 Å². The van der Waals surface area contributed by atoms with Gasteiger partial charge in [0.15, 0.2) is 0 Å². The zero-order valence-corrected chi connectivity index (χ0v) is 20.2. The van der Waals surface area contributed by atoms with Gasteiger partial charge < -0.3 is 5.32 Å². The fourth-order valence-electron chi connectivity index (χ4n) is 3.32. The fraction of sp³-hybridized carbons (Fsp3) is 0.0741. The number of hydrogen-bond acceptors (Lipinski definition) is 4. The van der Waals surface area contributed by atoms with Crippen molar-refractivity contribution in [1.82, 2.24) is 4.98 Å². The number of hydrogen-bond donors (Lipinski definition) is 1. The van der Waals surface area contributed by atoms with E-state index in [2.05, 4.69) is 27.3 Å². The number of rotatable bonds is 6. The number of carbonyl (C=O) groups is 1. The van der Waals surface area contributed by atoms with Crippen LogP contribution in [0.3, 0.4) is 0 Å². The molecule has 0 aliphatic rings. The summed E-state index contributed by atoms with van der Waals surface area (Å²) < 4.78 is 0.976. The molecule has 33 heavy (non-hydrogen) atoms. The Morgan fingerprint density at radius 1 is 0.970 bits per heavy atom. The molecule has 1 aromatic heterocycles. The molecule has 0 aliphatic carbocycles. The highest BCUT2D eigenvalue weighted by Crippen LogP contribution is 2.36. The molecule has 0 saturated heterocycles. The number of nitrogens with one attached hydrogen (secondary N) is 1. The first-order chi connectivity index (χ1) is 16.0. The van der Waals surface area contributed by atoms with Gasteiger partial charge in [-0.2, -0.15) is 5.26 Å². The van der Waals surface area contributed by atoms with E-state index in [1.54, 1.807) is 0 Å². The van der Waals surface area contributed by atoms with Gasteiger partial charge in [0.05, 0.1) is 16.5 Å². The lowest BCUT2D eigenvalue weighted by atomic mass is 9.99. The average molecular weight is 514 g/mol. The van der Waals surface area contributed by atoms with E-state index in [4.69, 9.17) is 4.98 Å². The Hall–Kier alpha value is -3.40. The van der Waals surface area contributed by atoms with Gasteiger partial charge in [-0.3, -0.25) is 4.79 Å². The quantitative estimate of drug-likeness (QED) is 0.277. The van der Waals surface area contributed by atoms with Crippen LogP contribution in [0.25, 0.3) is 22.4 Å². The monoisotopic (exact) mass is 513 g/mol. The van der Waals surface area contributed by atoms with Gasteiger partial charge in [-0.25, -0.2) is 4.98 Å². The lowest BCUT2D eigenvalue weighted by molar-refractivity contribution is -0.115. The summed E-state index contributed by atoms with van der Waals surface area (Å²) in [6, 6.07) is 31.2. The highest BCUT2D eigenvalue weighted by Gasteiger charge is 2.21. The van der Waals surface area contributed by atoms with Crippen molar-refractivity contribution in [2.45, 2.75) is 17.2 Å². The SMILES string of the molecule is CC(Sc1nc(-c2ccc(Br)cc2)cc(-c2ccccc2)c1C#N)C(=O)Nc1ccccc1. The standard InChI is InChI=1S/C27H20BrN3OS/c1-18(26(32)30-22-10-6-3-7-11-22)33-27-24(17-29)23(19-8-4-2-5-9-19)16-25(31-27)20-12-14-21(28)15-13-20/h2-16,18H,1H3,(H,30,32). The Morgan fingerprint density at radius 2 is 1.61 bits per heavy atom. The number of carbonyl (C=O) groups excluding carboxylic acids is 1. The van der Waals surface area contributed by atoms with Crippen LogP contribution in [0.1, 0.15) is 12.5 Å². The number of halogens is 1. The number of nitrogens with zero attached hydrogens (tertiary/aromatic N) is 2. The molecule has 1 N–H and O–H groups in total. The van der Waals surface area contributed by atoms with Gasteiger partial charge in [0, 0.05) is 21.3 Å². The minimum Gasteiger partial charge on any atom is -0.325 e. The third-order valence-electron chi connectivity index (χ3n) is 5.02. The molecular formula is C27H20BrN3OS. The summed E-state index contributed by atoms with van der Waals surface area (Å²) in [6.07, 6.45) is 0. The molecule has 0 aliphatic heterocycles. The maximum Gasteiger partial charge on any atom is 0.237 e. The summed E-state index contributed by atoms with van der Waals surface area (Å²) in [6.45, 7) is 1.82. The second-order valence-corrected chi connectivity index (χ2v) is 9.58. The Kier molecular flexibility index (Phi) is 7.23. The zero-order valence-electron chi connectivity index (χ0n) is 17.8. The van der Waals surface area contributed by atoms with Crippen LogP contribution in [0, 0.1) is 11.3 Å². The van der Waals surface area contributed by atoms with Gasteiger partial charge in [-0.05, 0) is 42.8 Å². The minimum atomic E-state index is -0.450. The Morgan fingerprint density at radius 3 is 2.24 bits per heavy atom. The Labute approximate surface area is 205 Å². The van der Waals surface area contributed by atoms with Gasteiger partial charge in [0.25, 0.3) is 0 Å². The number of benzene rings is 3. The molecule has 4 nitrogen and oxygen atoms in total. The number of pyridine rings is 1. The smallest absolute Gasteiger partial charge is 0.237 e. The van der Waals surface area contributed by atoms with Crippen LogP contribution in [0.15, 0.2) is 100 Å².